The number of thiazole rings is 1. The lowest BCUT2D eigenvalue weighted by atomic mass is 10.1. The number of benzene rings is 1. The van der Waals surface area contributed by atoms with Crippen LogP contribution in [0, 0.1) is 0 Å². The van der Waals surface area contributed by atoms with Gasteiger partial charge in [-0.2, -0.15) is 40.2 Å². The number of hydrogen-bond acceptors (Lipinski definition) is 4. The standard InChI is InChI=1S/C17H8ClF8N3O2S/c1-29-11(10(16(21,22)23)12(28-29)15(19,20)17(24,25)26)13-27-9(5-32-13)6-2-3-8(18)7(4-6)14(30)31/h2-5H,1H3,(H,30,31). The third-order valence-electron chi connectivity index (χ3n) is 4.18. The molecule has 0 unspecified atom stereocenters. The van der Waals surface area contributed by atoms with Gasteiger partial charge in [-0.15, -0.1) is 11.3 Å². The maximum Gasteiger partial charge on any atom is 0.459 e. The Labute approximate surface area is 181 Å². The molecule has 3 rings (SSSR count). The van der Waals surface area contributed by atoms with Gasteiger partial charge < -0.3 is 5.11 Å². The van der Waals surface area contributed by atoms with Crippen LogP contribution in [0.1, 0.15) is 21.6 Å². The monoisotopic (exact) mass is 505 g/mol. The van der Waals surface area contributed by atoms with E-state index >= 15 is 0 Å². The molecule has 2 heterocycles. The van der Waals surface area contributed by atoms with Crippen molar-refractivity contribution in [3.8, 4) is 22.0 Å². The van der Waals surface area contributed by atoms with Crippen LogP contribution in [-0.2, 0) is 19.1 Å². The number of carboxylic acids is 1. The molecule has 1 aromatic carbocycles. The van der Waals surface area contributed by atoms with Gasteiger partial charge >= 0.3 is 24.2 Å². The normalized spacial score (nSPS) is 12.9. The summed E-state index contributed by atoms with van der Waals surface area (Å²) < 4.78 is 107. The minimum atomic E-state index is -6.32. The van der Waals surface area contributed by atoms with Crippen LogP contribution in [0.25, 0.3) is 22.0 Å². The summed E-state index contributed by atoms with van der Waals surface area (Å²) in [6, 6.07) is 3.60. The minimum Gasteiger partial charge on any atom is -0.478 e. The van der Waals surface area contributed by atoms with Crippen molar-refractivity contribution in [3.05, 3.63) is 45.4 Å². The van der Waals surface area contributed by atoms with Crippen molar-refractivity contribution >= 4 is 28.9 Å². The van der Waals surface area contributed by atoms with Crippen LogP contribution < -0.4 is 0 Å². The Hall–Kier alpha value is -2.74. The van der Waals surface area contributed by atoms with Gasteiger partial charge in [0.15, 0.2) is 5.69 Å². The Balaban J connectivity index is 2.20. The zero-order chi connectivity index (χ0) is 24.2. The molecule has 3 aromatic rings. The highest BCUT2D eigenvalue weighted by atomic mass is 35.5. The average Bonchev–Trinajstić information content (AvgIpc) is 3.25. The van der Waals surface area contributed by atoms with Crippen LogP contribution in [0.2, 0.25) is 5.02 Å². The average molecular weight is 506 g/mol. The number of halogens is 9. The number of aromatic carboxylic acids is 1. The first kappa shape index (κ1) is 23.9. The van der Waals surface area contributed by atoms with E-state index in [0.29, 0.717) is 11.3 Å². The van der Waals surface area contributed by atoms with E-state index < -0.39 is 46.2 Å². The lowest BCUT2D eigenvalue weighted by molar-refractivity contribution is -0.292. The fraction of sp³-hybridized carbons (Fsp3) is 0.235. The van der Waals surface area contributed by atoms with Gasteiger partial charge in [-0.25, -0.2) is 9.78 Å². The first-order chi connectivity index (χ1) is 14.6. The van der Waals surface area contributed by atoms with Gasteiger partial charge in [0.25, 0.3) is 0 Å². The van der Waals surface area contributed by atoms with E-state index in [0.717, 1.165) is 13.1 Å². The van der Waals surface area contributed by atoms with E-state index in [-0.39, 0.29) is 26.5 Å². The van der Waals surface area contributed by atoms with Gasteiger partial charge in [-0.3, -0.25) is 4.68 Å². The Morgan fingerprint density at radius 1 is 1.12 bits per heavy atom. The molecule has 0 amide bonds. The van der Waals surface area contributed by atoms with Crippen LogP contribution in [0.5, 0.6) is 0 Å². The van der Waals surface area contributed by atoms with Gasteiger partial charge in [0.2, 0.25) is 0 Å². The summed E-state index contributed by atoms with van der Waals surface area (Å²) in [5.74, 6) is -7.27. The molecule has 0 aliphatic heterocycles. The second-order valence-corrected chi connectivity index (χ2v) is 7.57. The zero-order valence-electron chi connectivity index (χ0n) is 15.3. The van der Waals surface area contributed by atoms with Crippen LogP contribution in [-0.4, -0.2) is 32.0 Å². The lowest BCUT2D eigenvalue weighted by Gasteiger charge is -2.19. The summed E-state index contributed by atoms with van der Waals surface area (Å²) in [4.78, 5) is 15.1. The smallest absolute Gasteiger partial charge is 0.459 e. The number of nitrogens with zero attached hydrogens (tertiary/aromatic N) is 3. The molecule has 0 saturated carbocycles. The van der Waals surface area contributed by atoms with E-state index in [4.69, 9.17) is 16.7 Å². The van der Waals surface area contributed by atoms with Crippen molar-refractivity contribution in [2.45, 2.75) is 18.3 Å². The summed E-state index contributed by atoms with van der Waals surface area (Å²) >= 11 is 6.27. The van der Waals surface area contributed by atoms with E-state index in [1.807, 2.05) is 0 Å². The predicted molar refractivity (Wildman–Crippen MR) is 96.7 cm³/mol. The largest absolute Gasteiger partial charge is 0.478 e. The highest BCUT2D eigenvalue weighted by Crippen LogP contribution is 2.50. The van der Waals surface area contributed by atoms with Gasteiger partial charge in [0.1, 0.15) is 16.3 Å². The van der Waals surface area contributed by atoms with Crippen LogP contribution in [0.3, 0.4) is 0 Å². The van der Waals surface area contributed by atoms with Crippen molar-refractivity contribution < 1.29 is 45.0 Å². The molecule has 0 aliphatic rings. The maximum absolute atomic E-state index is 13.8. The van der Waals surface area contributed by atoms with Crippen molar-refractivity contribution in [1.82, 2.24) is 14.8 Å². The molecule has 1 N–H and O–H groups in total. The van der Waals surface area contributed by atoms with Gasteiger partial charge in [-0.05, 0) is 12.1 Å². The molecule has 2 aromatic heterocycles. The summed E-state index contributed by atoms with van der Waals surface area (Å²) in [6.07, 6.45) is -11.9. The molecule has 0 saturated heterocycles. The molecule has 0 atom stereocenters. The molecule has 0 radical (unpaired) electrons. The minimum absolute atomic E-state index is 0.0531. The molecule has 32 heavy (non-hydrogen) atoms. The van der Waals surface area contributed by atoms with Crippen molar-refractivity contribution in [2.75, 3.05) is 0 Å². The molecular weight excluding hydrogens is 498 g/mol. The highest BCUT2D eigenvalue weighted by molar-refractivity contribution is 7.13. The first-order valence-corrected chi connectivity index (χ1v) is 9.39. The molecule has 0 bridgehead atoms. The quantitative estimate of drug-likeness (QED) is 0.427. The van der Waals surface area contributed by atoms with Crippen molar-refractivity contribution in [2.24, 2.45) is 7.05 Å². The Bertz CT molecular complexity index is 1200. The molecular formula is C17H8ClF8N3O2S. The molecule has 172 valence electrons. The van der Waals surface area contributed by atoms with E-state index in [1.165, 1.54) is 17.5 Å². The first-order valence-electron chi connectivity index (χ1n) is 8.14. The third kappa shape index (κ3) is 4.03. The van der Waals surface area contributed by atoms with Crippen LogP contribution in [0.4, 0.5) is 35.1 Å². The highest BCUT2D eigenvalue weighted by Gasteiger charge is 2.64. The summed E-state index contributed by atoms with van der Waals surface area (Å²) in [5.41, 5.74) is -6.13. The maximum atomic E-state index is 13.8. The van der Waals surface area contributed by atoms with Crippen LogP contribution >= 0.6 is 22.9 Å². The summed E-state index contributed by atoms with van der Waals surface area (Å²) in [6.45, 7) is 0. The molecule has 0 fully saturated rings. The lowest BCUT2D eigenvalue weighted by Crippen LogP contribution is -2.36. The molecule has 0 aliphatic carbocycles. The molecule has 15 heteroatoms. The molecule has 0 spiro atoms. The summed E-state index contributed by atoms with van der Waals surface area (Å²) in [5, 5.41) is 12.4. The van der Waals surface area contributed by atoms with E-state index in [1.54, 1.807) is 0 Å². The number of rotatable bonds is 4. The van der Waals surface area contributed by atoms with Gasteiger partial charge in [-0.1, -0.05) is 17.7 Å². The number of aryl methyl sites for hydroxylation is 1. The third-order valence-corrected chi connectivity index (χ3v) is 5.36. The fourth-order valence-electron chi connectivity index (χ4n) is 2.76. The number of aromatic nitrogens is 3. The Kier molecular flexibility index (Phi) is 5.75. The topological polar surface area (TPSA) is 68.0 Å². The van der Waals surface area contributed by atoms with E-state index in [9.17, 15) is 39.9 Å². The second-order valence-electron chi connectivity index (χ2n) is 6.30. The molecule has 5 nitrogen and oxygen atoms in total. The fourth-order valence-corrected chi connectivity index (χ4v) is 3.86. The van der Waals surface area contributed by atoms with Gasteiger partial charge in [0, 0.05) is 18.0 Å². The number of carbonyl (C=O) groups is 1. The number of hydrogen-bond donors (Lipinski definition) is 1. The number of carboxylic acid groups (broad SMARTS) is 1. The Morgan fingerprint density at radius 3 is 2.28 bits per heavy atom. The Morgan fingerprint density at radius 2 is 1.75 bits per heavy atom. The van der Waals surface area contributed by atoms with Crippen LogP contribution in [0.15, 0.2) is 23.6 Å². The van der Waals surface area contributed by atoms with E-state index in [2.05, 4.69) is 10.1 Å². The number of alkyl halides is 8. The second kappa shape index (κ2) is 7.69. The summed E-state index contributed by atoms with van der Waals surface area (Å²) in [7, 11) is 0.770. The van der Waals surface area contributed by atoms with Gasteiger partial charge in [0.05, 0.1) is 16.3 Å². The van der Waals surface area contributed by atoms with Crippen molar-refractivity contribution in [3.63, 3.8) is 0 Å². The SMILES string of the molecule is Cn1nc(C(F)(F)C(F)(F)F)c(C(F)(F)F)c1-c1nc(-c2ccc(Cl)c(C(=O)O)c2)cs1. The predicted octanol–water partition coefficient (Wildman–Crippen LogP) is 6.24. The van der Waals surface area contributed by atoms with Crippen molar-refractivity contribution in [1.29, 1.82) is 0 Å². The zero-order valence-corrected chi connectivity index (χ0v) is 16.9.